The monoisotopic (exact) mass is 419 g/mol. The van der Waals surface area contributed by atoms with Crippen molar-refractivity contribution in [2.24, 2.45) is 0 Å². The number of carbonyl (C=O) groups excluding carboxylic acids is 1. The molecule has 2 aliphatic heterocycles. The minimum atomic E-state index is -0.321. The lowest BCUT2D eigenvalue weighted by atomic mass is 9.69. The first-order valence-electron chi connectivity index (χ1n) is 9.25. The average Bonchev–Trinajstić information content (AvgIpc) is 2.92. The Morgan fingerprint density at radius 1 is 1.32 bits per heavy atom. The number of carbonyl (C=O) groups is 1. The molecule has 3 heterocycles. The van der Waals surface area contributed by atoms with Gasteiger partial charge in [0, 0.05) is 11.1 Å². The molecular weight excluding hydrogens is 400 g/mol. The molecule has 1 spiro atoms. The molecule has 2 aromatic rings. The summed E-state index contributed by atoms with van der Waals surface area (Å²) in [5.74, 6) is -0.557. The summed E-state index contributed by atoms with van der Waals surface area (Å²) in [6.45, 7) is 5.52. The van der Waals surface area contributed by atoms with Crippen molar-refractivity contribution in [1.82, 2.24) is 10.3 Å². The predicted octanol–water partition coefficient (Wildman–Crippen LogP) is 4.75. The molecule has 4 rings (SSSR count). The van der Waals surface area contributed by atoms with Crippen LogP contribution in [0.2, 0.25) is 10.3 Å². The Morgan fingerprint density at radius 2 is 2.07 bits per heavy atom. The Kier molecular flexibility index (Phi) is 5.17. The van der Waals surface area contributed by atoms with Crippen molar-refractivity contribution in [2.75, 3.05) is 18.0 Å². The molecule has 1 amide bonds. The third-order valence-electron chi connectivity index (χ3n) is 5.85. The molecule has 0 bridgehead atoms. The molecule has 4 nitrogen and oxygen atoms in total. The molecule has 1 atom stereocenters. The number of nitrogens with zero attached hydrogens (tertiary/aromatic N) is 2. The van der Waals surface area contributed by atoms with Crippen molar-refractivity contribution >= 4 is 34.8 Å². The summed E-state index contributed by atoms with van der Waals surface area (Å²) in [5, 5.41) is 3.65. The van der Waals surface area contributed by atoms with Crippen molar-refractivity contribution in [2.45, 2.75) is 30.7 Å². The lowest BCUT2D eigenvalue weighted by Gasteiger charge is -2.41. The highest BCUT2D eigenvalue weighted by Crippen LogP contribution is 2.52. The van der Waals surface area contributed by atoms with Gasteiger partial charge in [0.05, 0.1) is 11.6 Å². The van der Waals surface area contributed by atoms with Gasteiger partial charge in [-0.1, -0.05) is 29.3 Å². The molecule has 1 aromatic carbocycles. The third-order valence-corrected chi connectivity index (χ3v) is 6.35. The summed E-state index contributed by atoms with van der Waals surface area (Å²) in [5.41, 5.74) is 1.57. The van der Waals surface area contributed by atoms with Gasteiger partial charge in [0.25, 0.3) is 5.91 Å². The molecular formula is C21H20Cl2FN3O. The van der Waals surface area contributed by atoms with Crippen molar-refractivity contribution in [3.63, 3.8) is 0 Å². The number of rotatable bonds is 3. The van der Waals surface area contributed by atoms with Gasteiger partial charge in [-0.15, -0.1) is 6.58 Å². The van der Waals surface area contributed by atoms with Crippen LogP contribution in [0.25, 0.3) is 0 Å². The van der Waals surface area contributed by atoms with E-state index in [2.05, 4.69) is 16.9 Å². The fourth-order valence-corrected chi connectivity index (χ4v) is 5.05. The maximum absolute atomic E-state index is 14.2. The maximum Gasteiger partial charge on any atom is 0.261 e. The molecule has 1 fully saturated rings. The summed E-state index contributed by atoms with van der Waals surface area (Å²) < 4.78 is 14.2. The van der Waals surface area contributed by atoms with Gasteiger partial charge < -0.3 is 10.2 Å². The van der Waals surface area contributed by atoms with E-state index < -0.39 is 0 Å². The SMILES string of the molecule is C=CC[C@H]1N(C(=O)c2ccc(Cl)nc2Cl)c2ccc(F)cc2C12CCNCC2. The van der Waals surface area contributed by atoms with Crippen LogP contribution in [0.3, 0.4) is 0 Å². The third kappa shape index (κ3) is 3.02. The quantitative estimate of drug-likeness (QED) is 0.576. The normalized spacial score (nSPS) is 20.2. The van der Waals surface area contributed by atoms with E-state index in [0.717, 1.165) is 37.2 Å². The van der Waals surface area contributed by atoms with E-state index >= 15 is 0 Å². The molecule has 0 saturated carbocycles. The molecule has 2 aliphatic rings. The second-order valence-corrected chi connectivity index (χ2v) is 8.00. The summed E-state index contributed by atoms with van der Waals surface area (Å²) >= 11 is 12.1. The van der Waals surface area contributed by atoms with Gasteiger partial charge in [-0.05, 0) is 68.2 Å². The molecule has 0 aliphatic carbocycles. The molecule has 1 saturated heterocycles. The number of benzene rings is 1. The van der Waals surface area contributed by atoms with E-state index in [1.54, 1.807) is 29.2 Å². The van der Waals surface area contributed by atoms with Gasteiger partial charge in [-0.25, -0.2) is 9.37 Å². The fourth-order valence-electron chi connectivity index (χ4n) is 4.63. The van der Waals surface area contributed by atoms with Crippen LogP contribution < -0.4 is 10.2 Å². The highest BCUT2D eigenvalue weighted by atomic mass is 35.5. The summed E-state index contributed by atoms with van der Waals surface area (Å²) in [6, 6.07) is 7.62. The number of aromatic nitrogens is 1. The number of amides is 1. The number of fused-ring (bicyclic) bond motifs is 2. The maximum atomic E-state index is 14.2. The number of hydrogen-bond acceptors (Lipinski definition) is 3. The van der Waals surface area contributed by atoms with Gasteiger partial charge in [-0.3, -0.25) is 4.79 Å². The van der Waals surface area contributed by atoms with Crippen LogP contribution in [0.5, 0.6) is 0 Å². The molecule has 28 heavy (non-hydrogen) atoms. The number of hydrogen-bond donors (Lipinski definition) is 1. The largest absolute Gasteiger partial charge is 0.317 e. The number of piperidine rings is 1. The zero-order valence-corrected chi connectivity index (χ0v) is 16.7. The number of halogens is 3. The Labute approximate surface area is 173 Å². The Bertz CT molecular complexity index is 943. The van der Waals surface area contributed by atoms with Crippen LogP contribution in [0.15, 0.2) is 43.0 Å². The minimum Gasteiger partial charge on any atom is -0.317 e. The van der Waals surface area contributed by atoms with Crippen molar-refractivity contribution in [3.8, 4) is 0 Å². The minimum absolute atomic E-state index is 0.0600. The van der Waals surface area contributed by atoms with Gasteiger partial charge in [-0.2, -0.15) is 0 Å². The number of nitrogens with one attached hydrogen (secondary N) is 1. The van der Waals surface area contributed by atoms with Crippen LogP contribution in [-0.2, 0) is 5.41 Å². The topological polar surface area (TPSA) is 45.2 Å². The summed E-state index contributed by atoms with van der Waals surface area (Å²) in [7, 11) is 0. The highest BCUT2D eigenvalue weighted by molar-refractivity contribution is 6.35. The fraction of sp³-hybridized carbons (Fsp3) is 0.333. The van der Waals surface area contributed by atoms with Crippen LogP contribution in [-0.4, -0.2) is 30.0 Å². The van der Waals surface area contributed by atoms with Crippen LogP contribution in [0.4, 0.5) is 10.1 Å². The van der Waals surface area contributed by atoms with E-state index in [1.807, 2.05) is 6.08 Å². The van der Waals surface area contributed by atoms with E-state index in [9.17, 15) is 9.18 Å². The van der Waals surface area contributed by atoms with Crippen molar-refractivity contribution < 1.29 is 9.18 Å². The van der Waals surface area contributed by atoms with Gasteiger partial charge >= 0.3 is 0 Å². The lowest BCUT2D eigenvalue weighted by Crippen LogP contribution is -2.51. The first kappa shape index (κ1) is 19.4. The molecule has 146 valence electrons. The summed E-state index contributed by atoms with van der Waals surface area (Å²) in [4.78, 5) is 19.3. The van der Waals surface area contributed by atoms with Gasteiger partial charge in [0.15, 0.2) is 0 Å². The van der Waals surface area contributed by atoms with Crippen LogP contribution in [0, 0.1) is 5.82 Å². The first-order chi connectivity index (χ1) is 13.5. The number of anilines is 1. The Morgan fingerprint density at radius 3 is 2.75 bits per heavy atom. The molecule has 0 radical (unpaired) electrons. The van der Waals surface area contributed by atoms with Crippen LogP contribution in [0.1, 0.15) is 35.2 Å². The van der Waals surface area contributed by atoms with E-state index in [-0.39, 0.29) is 39.1 Å². The Hall–Kier alpha value is -1.95. The molecule has 1 N–H and O–H groups in total. The second-order valence-electron chi connectivity index (χ2n) is 7.26. The molecule has 0 unspecified atom stereocenters. The molecule has 7 heteroatoms. The van der Waals surface area contributed by atoms with E-state index in [0.29, 0.717) is 6.42 Å². The smallest absolute Gasteiger partial charge is 0.261 e. The van der Waals surface area contributed by atoms with Crippen molar-refractivity contribution in [1.29, 1.82) is 0 Å². The van der Waals surface area contributed by atoms with Gasteiger partial charge in [0.1, 0.15) is 16.1 Å². The molecule has 1 aromatic heterocycles. The second kappa shape index (κ2) is 7.47. The lowest BCUT2D eigenvalue weighted by molar-refractivity contribution is 0.0964. The van der Waals surface area contributed by atoms with E-state index in [4.69, 9.17) is 23.2 Å². The predicted molar refractivity (Wildman–Crippen MR) is 110 cm³/mol. The highest BCUT2D eigenvalue weighted by Gasteiger charge is 2.52. The average molecular weight is 420 g/mol. The standard InChI is InChI=1S/C21H20Cl2FN3O/c1-2-3-17-21(8-10-25-11-9-21)15-12-13(24)4-6-16(15)27(17)20(28)14-5-7-18(22)26-19(14)23/h2,4-7,12,17,25H,1,3,8-11H2/t17-/m1/s1. The van der Waals surface area contributed by atoms with Crippen LogP contribution >= 0.6 is 23.2 Å². The van der Waals surface area contributed by atoms with Crippen molar-refractivity contribution in [3.05, 3.63) is 70.2 Å². The number of pyridine rings is 1. The summed E-state index contributed by atoms with van der Waals surface area (Å²) in [6.07, 6.45) is 4.05. The first-order valence-corrected chi connectivity index (χ1v) is 10.0. The van der Waals surface area contributed by atoms with Gasteiger partial charge in [0.2, 0.25) is 0 Å². The zero-order chi connectivity index (χ0) is 19.9. The Balaban J connectivity index is 1.88. The van der Waals surface area contributed by atoms with E-state index in [1.165, 1.54) is 6.07 Å². The zero-order valence-electron chi connectivity index (χ0n) is 15.2.